The Hall–Kier alpha value is -5.32. The third-order valence-electron chi connectivity index (χ3n) is 13.4. The van der Waals surface area contributed by atoms with Crippen molar-refractivity contribution in [1.29, 1.82) is 0 Å². The molecule has 11 rings (SSSR count). The van der Waals surface area contributed by atoms with Crippen molar-refractivity contribution in [3.05, 3.63) is 154 Å². The van der Waals surface area contributed by atoms with Crippen LogP contribution < -0.4 is 9.13 Å². The van der Waals surface area contributed by atoms with Crippen molar-refractivity contribution in [2.75, 3.05) is 0 Å². The van der Waals surface area contributed by atoms with Gasteiger partial charge in [0, 0.05) is 55.4 Å². The van der Waals surface area contributed by atoms with Crippen molar-refractivity contribution in [3.63, 3.8) is 0 Å². The van der Waals surface area contributed by atoms with E-state index in [1.54, 1.807) is 0 Å². The van der Waals surface area contributed by atoms with Crippen molar-refractivity contribution in [2.24, 2.45) is 11.3 Å². The number of hydrogen-bond acceptors (Lipinski definition) is 2. The van der Waals surface area contributed by atoms with E-state index in [2.05, 4.69) is 174 Å². The van der Waals surface area contributed by atoms with Crippen LogP contribution in [0.15, 0.2) is 120 Å². The fraction of sp³-hybridized carbons (Fsp3) is 0.269. The van der Waals surface area contributed by atoms with Crippen LogP contribution in [0.4, 0.5) is 0 Å². The number of benzene rings is 4. The minimum atomic E-state index is -0.275. The Morgan fingerprint density at radius 3 is 2.34 bits per heavy atom. The van der Waals surface area contributed by atoms with Crippen molar-refractivity contribution in [3.8, 4) is 33.6 Å². The highest BCUT2D eigenvalue weighted by Crippen LogP contribution is 2.65. The van der Waals surface area contributed by atoms with Crippen LogP contribution in [0.3, 0.4) is 0 Å². The normalized spacial score (nSPS) is 20.7. The van der Waals surface area contributed by atoms with Gasteiger partial charge >= 0.3 is 0 Å². The van der Waals surface area contributed by atoms with E-state index in [4.69, 9.17) is 4.42 Å². The number of furan rings is 1. The Labute approximate surface area is 333 Å². The molecule has 0 bridgehead atoms. The monoisotopic (exact) mass is 748 g/mol. The molecular formula is C52H48N2OS+2. The summed E-state index contributed by atoms with van der Waals surface area (Å²) in [5.74, 6) is 0.433. The fourth-order valence-corrected chi connectivity index (χ4v) is 12.3. The van der Waals surface area contributed by atoms with E-state index in [0.717, 1.165) is 24.0 Å². The summed E-state index contributed by atoms with van der Waals surface area (Å²) in [4.78, 5) is 1.31. The van der Waals surface area contributed by atoms with Gasteiger partial charge in [-0.1, -0.05) is 75.4 Å². The first kappa shape index (κ1) is 34.0. The lowest BCUT2D eigenvalue weighted by Crippen LogP contribution is -2.80. The lowest BCUT2D eigenvalue weighted by Gasteiger charge is -2.56. The molecule has 0 N–H and O–H groups in total. The summed E-state index contributed by atoms with van der Waals surface area (Å²) in [6.45, 7) is 20.7. The molecule has 8 aromatic rings. The molecule has 3 aliphatic rings. The minimum absolute atomic E-state index is 0.0830. The summed E-state index contributed by atoms with van der Waals surface area (Å²) >= 11 is 1.84. The molecule has 0 radical (unpaired) electrons. The van der Waals surface area contributed by atoms with Crippen LogP contribution in [0.25, 0.3) is 65.7 Å². The van der Waals surface area contributed by atoms with Crippen molar-refractivity contribution in [2.45, 2.75) is 78.8 Å². The Bertz CT molecular complexity index is 2990. The first-order valence-electron chi connectivity index (χ1n) is 20.2. The Kier molecular flexibility index (Phi) is 7.05. The molecule has 4 aromatic heterocycles. The number of aryl methyl sites for hydroxylation is 4. The number of aromatic nitrogens is 2. The van der Waals surface area contributed by atoms with Crippen LogP contribution in [0.1, 0.15) is 71.0 Å². The number of thiophene rings is 1. The standard InChI is InChI=1S/C52H48N2OS/c1-9-41-48-47(36-16-11-10-15-35(36)42-21-17-29(2)27-53(42)48)52(41)26-33-18-19-38-37-20-22-44-40(23-32(5)56-44)49(37)55-50(38)46(33)43-24-39(45-30(3)13-12-14-31(45)4)34(28-54(43)52)25-51(6,7)8/h9-24,27-28,41,47-48H,1,25-26H2,2-8H3/q+2. The predicted octanol–water partition coefficient (Wildman–Crippen LogP) is 12.6. The van der Waals surface area contributed by atoms with Gasteiger partial charge in [-0.3, -0.25) is 0 Å². The van der Waals surface area contributed by atoms with Gasteiger partial charge in [-0.05, 0) is 103 Å². The molecule has 2 aliphatic heterocycles. The van der Waals surface area contributed by atoms with E-state index < -0.39 is 0 Å². The van der Waals surface area contributed by atoms with E-state index in [1.807, 2.05) is 11.3 Å². The van der Waals surface area contributed by atoms with Crippen LogP contribution in [-0.4, -0.2) is 0 Å². The van der Waals surface area contributed by atoms with Gasteiger partial charge in [0.2, 0.25) is 11.4 Å². The summed E-state index contributed by atoms with van der Waals surface area (Å²) in [6.07, 6.45) is 9.11. The van der Waals surface area contributed by atoms with Crippen molar-refractivity contribution in [1.82, 2.24) is 0 Å². The fourth-order valence-electron chi connectivity index (χ4n) is 11.4. The second-order valence-corrected chi connectivity index (χ2v) is 19.5. The maximum Gasteiger partial charge on any atom is 0.217 e. The average molecular weight is 749 g/mol. The van der Waals surface area contributed by atoms with Crippen LogP contribution in [0.2, 0.25) is 0 Å². The molecule has 1 saturated carbocycles. The highest BCUT2D eigenvalue weighted by Gasteiger charge is 2.76. The number of hydrogen-bond donors (Lipinski definition) is 0. The highest BCUT2D eigenvalue weighted by molar-refractivity contribution is 7.19. The van der Waals surface area contributed by atoms with E-state index in [9.17, 15) is 0 Å². The number of nitrogens with zero attached hydrogens (tertiary/aromatic N) is 2. The molecule has 276 valence electrons. The summed E-state index contributed by atoms with van der Waals surface area (Å²) in [5, 5.41) is 3.59. The molecule has 0 saturated heterocycles. The SMILES string of the molecule is C=CC1C2C(c3ccccc3-c3ccc(C)c[n+]32)C12Cc1ccc3c(oc4c5cc(C)sc5ccc34)c1-c1cc(-c3c(C)cccc3C)c(CC(C)(C)C)c[n+]12. The van der Waals surface area contributed by atoms with Crippen LogP contribution in [0, 0.1) is 39.0 Å². The van der Waals surface area contributed by atoms with Crippen molar-refractivity contribution < 1.29 is 13.6 Å². The summed E-state index contributed by atoms with van der Waals surface area (Å²) in [6, 6.07) is 35.0. The predicted molar refractivity (Wildman–Crippen MR) is 231 cm³/mol. The zero-order valence-corrected chi connectivity index (χ0v) is 34.3. The van der Waals surface area contributed by atoms with Gasteiger partial charge in [0.05, 0.1) is 11.1 Å². The number of pyridine rings is 2. The molecule has 0 amide bonds. The van der Waals surface area contributed by atoms with Gasteiger partial charge in [0.25, 0.3) is 0 Å². The summed E-state index contributed by atoms with van der Waals surface area (Å²) < 4.78 is 13.8. The molecule has 56 heavy (non-hydrogen) atoms. The van der Waals surface area contributed by atoms with Crippen LogP contribution in [-0.2, 0) is 18.4 Å². The second kappa shape index (κ2) is 11.6. The summed E-state index contributed by atoms with van der Waals surface area (Å²) in [5.41, 5.74) is 17.7. The van der Waals surface area contributed by atoms with E-state index in [1.165, 1.54) is 92.8 Å². The molecular weight excluding hydrogens is 701 g/mol. The first-order chi connectivity index (χ1) is 27.0. The van der Waals surface area contributed by atoms with Gasteiger partial charge in [0.1, 0.15) is 23.0 Å². The number of fused-ring (bicyclic) bond motifs is 17. The highest BCUT2D eigenvalue weighted by atomic mass is 32.1. The quantitative estimate of drug-likeness (QED) is 0.130. The third-order valence-corrected chi connectivity index (χ3v) is 14.4. The van der Waals surface area contributed by atoms with Crippen LogP contribution in [0.5, 0.6) is 0 Å². The summed E-state index contributed by atoms with van der Waals surface area (Å²) in [7, 11) is 0. The maximum absolute atomic E-state index is 7.20. The van der Waals surface area contributed by atoms with E-state index in [-0.39, 0.29) is 28.8 Å². The molecule has 1 aliphatic carbocycles. The zero-order valence-electron chi connectivity index (χ0n) is 33.5. The molecule has 4 atom stereocenters. The molecule has 1 fully saturated rings. The molecule has 3 nitrogen and oxygen atoms in total. The Morgan fingerprint density at radius 2 is 1.55 bits per heavy atom. The van der Waals surface area contributed by atoms with E-state index in [0.29, 0.717) is 0 Å². The van der Waals surface area contributed by atoms with Gasteiger partial charge in [-0.2, -0.15) is 9.13 Å². The smallest absolute Gasteiger partial charge is 0.217 e. The van der Waals surface area contributed by atoms with Gasteiger partial charge in [-0.25, -0.2) is 0 Å². The Morgan fingerprint density at radius 1 is 0.786 bits per heavy atom. The lowest BCUT2D eigenvalue weighted by molar-refractivity contribution is -0.837. The number of allylic oxidation sites excluding steroid dienone is 1. The average Bonchev–Trinajstić information content (AvgIpc) is 3.73. The molecule has 1 spiro atoms. The van der Waals surface area contributed by atoms with Crippen LogP contribution >= 0.6 is 11.3 Å². The topological polar surface area (TPSA) is 20.9 Å². The largest absolute Gasteiger partial charge is 0.454 e. The lowest BCUT2D eigenvalue weighted by atomic mass is 9.48. The van der Waals surface area contributed by atoms with Gasteiger partial charge in [-0.15, -0.1) is 17.9 Å². The Balaban J connectivity index is 1.27. The maximum atomic E-state index is 7.20. The molecule has 4 unspecified atom stereocenters. The minimum Gasteiger partial charge on any atom is -0.454 e. The second-order valence-electron chi connectivity index (χ2n) is 18.2. The number of rotatable bonds is 3. The van der Waals surface area contributed by atoms with Gasteiger partial charge < -0.3 is 4.42 Å². The third kappa shape index (κ3) is 4.51. The van der Waals surface area contributed by atoms with E-state index >= 15 is 0 Å². The molecule has 4 heteroatoms. The molecule has 6 heterocycles. The van der Waals surface area contributed by atoms with Crippen molar-refractivity contribution >= 4 is 43.4 Å². The first-order valence-corrected chi connectivity index (χ1v) is 21.1. The molecule has 4 aromatic carbocycles. The zero-order chi connectivity index (χ0) is 38.4. The van der Waals surface area contributed by atoms with Gasteiger partial charge in [0.15, 0.2) is 24.0 Å².